The lowest BCUT2D eigenvalue weighted by Gasteiger charge is -2.30. The number of rotatable bonds is 5. The number of furan rings is 1. The highest BCUT2D eigenvalue weighted by Gasteiger charge is 2.31. The van der Waals surface area contributed by atoms with Gasteiger partial charge in [-0.3, -0.25) is 4.79 Å². The van der Waals surface area contributed by atoms with Crippen molar-refractivity contribution in [3.05, 3.63) is 77.9 Å². The number of carbonyl (C=O) groups excluding carboxylic acids is 1. The highest BCUT2D eigenvalue weighted by atomic mass is 32.2. The SMILES string of the molecule is Cc1ccccc1CS(=O)(=O)N1CCC(C(=O)Nc2ccc3c(c2)oc2ccccc23)CC1. The first-order valence-corrected chi connectivity index (χ1v) is 12.8. The van der Waals surface area contributed by atoms with Gasteiger partial charge in [0.25, 0.3) is 0 Å². The van der Waals surface area contributed by atoms with E-state index < -0.39 is 10.0 Å². The normalized spacial score (nSPS) is 15.8. The Kier molecular flexibility index (Phi) is 5.68. The zero-order valence-corrected chi connectivity index (χ0v) is 19.3. The van der Waals surface area contributed by atoms with Gasteiger partial charge in [-0.2, -0.15) is 0 Å². The minimum absolute atomic E-state index is 0.00590. The van der Waals surface area contributed by atoms with E-state index in [-0.39, 0.29) is 17.6 Å². The van der Waals surface area contributed by atoms with Gasteiger partial charge < -0.3 is 9.73 Å². The van der Waals surface area contributed by atoms with Crippen LogP contribution in [0, 0.1) is 12.8 Å². The van der Waals surface area contributed by atoms with Gasteiger partial charge in [0.2, 0.25) is 15.9 Å². The van der Waals surface area contributed by atoms with E-state index in [0.29, 0.717) is 31.6 Å². The van der Waals surface area contributed by atoms with E-state index >= 15 is 0 Å². The molecule has 0 radical (unpaired) electrons. The van der Waals surface area contributed by atoms with Crippen LogP contribution in [0.25, 0.3) is 21.9 Å². The maximum absolute atomic E-state index is 12.9. The molecule has 1 aliphatic rings. The average molecular weight is 463 g/mol. The molecule has 4 aromatic rings. The summed E-state index contributed by atoms with van der Waals surface area (Å²) in [6, 6.07) is 21.1. The molecule has 0 unspecified atom stereocenters. The molecule has 1 N–H and O–H groups in total. The lowest BCUT2D eigenvalue weighted by molar-refractivity contribution is -0.120. The molecule has 0 atom stereocenters. The fourth-order valence-corrected chi connectivity index (χ4v) is 6.17. The van der Waals surface area contributed by atoms with Crippen molar-refractivity contribution in [3.63, 3.8) is 0 Å². The van der Waals surface area contributed by atoms with Crippen LogP contribution in [-0.4, -0.2) is 31.7 Å². The zero-order valence-electron chi connectivity index (χ0n) is 18.5. The maximum Gasteiger partial charge on any atom is 0.227 e. The number of hydrogen-bond donors (Lipinski definition) is 1. The third kappa shape index (κ3) is 4.38. The van der Waals surface area contributed by atoms with Crippen molar-refractivity contribution in [1.82, 2.24) is 4.31 Å². The predicted molar refractivity (Wildman–Crippen MR) is 130 cm³/mol. The molecule has 3 aromatic carbocycles. The smallest absolute Gasteiger partial charge is 0.227 e. The number of carbonyl (C=O) groups is 1. The van der Waals surface area contributed by atoms with Crippen LogP contribution in [0.1, 0.15) is 24.0 Å². The van der Waals surface area contributed by atoms with Crippen LogP contribution in [-0.2, 0) is 20.6 Å². The zero-order chi connectivity index (χ0) is 23.0. The quantitative estimate of drug-likeness (QED) is 0.449. The van der Waals surface area contributed by atoms with Crippen LogP contribution in [0.4, 0.5) is 5.69 Å². The van der Waals surface area contributed by atoms with E-state index in [1.54, 1.807) is 0 Å². The fraction of sp³-hybridized carbons (Fsp3) is 0.269. The summed E-state index contributed by atoms with van der Waals surface area (Å²) in [5.41, 5.74) is 4.01. The Morgan fingerprint density at radius 3 is 2.45 bits per heavy atom. The fourth-order valence-electron chi connectivity index (χ4n) is 4.50. The maximum atomic E-state index is 12.9. The predicted octanol–water partition coefficient (Wildman–Crippen LogP) is 5.07. The van der Waals surface area contributed by atoms with Gasteiger partial charge in [-0.1, -0.05) is 42.5 Å². The van der Waals surface area contributed by atoms with Crippen molar-refractivity contribution in [2.75, 3.05) is 18.4 Å². The van der Waals surface area contributed by atoms with Crippen molar-refractivity contribution >= 4 is 43.6 Å². The molecule has 1 amide bonds. The van der Waals surface area contributed by atoms with Crippen molar-refractivity contribution < 1.29 is 17.6 Å². The van der Waals surface area contributed by atoms with Crippen LogP contribution in [0.5, 0.6) is 0 Å². The van der Waals surface area contributed by atoms with Gasteiger partial charge in [0.05, 0.1) is 5.75 Å². The number of piperidine rings is 1. The molecular weight excluding hydrogens is 436 g/mol. The molecule has 0 aliphatic carbocycles. The largest absolute Gasteiger partial charge is 0.456 e. The number of para-hydroxylation sites is 1. The highest BCUT2D eigenvalue weighted by Crippen LogP contribution is 2.31. The molecule has 1 fully saturated rings. The summed E-state index contributed by atoms with van der Waals surface area (Å²) in [6.07, 6.45) is 1.01. The molecule has 33 heavy (non-hydrogen) atoms. The second-order valence-corrected chi connectivity index (χ2v) is 10.6. The summed E-state index contributed by atoms with van der Waals surface area (Å²) >= 11 is 0. The van der Waals surface area contributed by atoms with Gasteiger partial charge >= 0.3 is 0 Å². The molecule has 7 heteroatoms. The molecule has 0 saturated carbocycles. The summed E-state index contributed by atoms with van der Waals surface area (Å²) in [7, 11) is -3.41. The topological polar surface area (TPSA) is 79.6 Å². The number of aryl methyl sites for hydroxylation is 1. The van der Waals surface area contributed by atoms with E-state index in [1.807, 2.05) is 73.7 Å². The molecule has 1 aromatic heterocycles. The molecule has 5 rings (SSSR count). The summed E-state index contributed by atoms with van der Waals surface area (Å²) in [5.74, 6) is -0.309. The van der Waals surface area contributed by atoms with Crippen LogP contribution in [0.2, 0.25) is 0 Å². The summed E-state index contributed by atoms with van der Waals surface area (Å²) in [5, 5.41) is 5.04. The first-order valence-electron chi connectivity index (χ1n) is 11.2. The second-order valence-electron chi connectivity index (χ2n) is 8.65. The summed E-state index contributed by atoms with van der Waals surface area (Å²) < 4.78 is 33.2. The lowest BCUT2D eigenvalue weighted by atomic mass is 9.97. The Balaban J connectivity index is 1.22. The van der Waals surface area contributed by atoms with E-state index in [2.05, 4.69) is 5.32 Å². The number of amides is 1. The Morgan fingerprint density at radius 1 is 0.970 bits per heavy atom. The number of nitrogens with zero attached hydrogens (tertiary/aromatic N) is 1. The minimum atomic E-state index is -3.41. The van der Waals surface area contributed by atoms with Crippen LogP contribution < -0.4 is 5.32 Å². The monoisotopic (exact) mass is 462 g/mol. The molecular formula is C26H26N2O4S. The highest BCUT2D eigenvalue weighted by molar-refractivity contribution is 7.88. The first kappa shape index (κ1) is 21.7. The van der Waals surface area contributed by atoms with Gasteiger partial charge in [0, 0.05) is 41.5 Å². The number of sulfonamides is 1. The first-order chi connectivity index (χ1) is 15.9. The Hall–Kier alpha value is -3.16. The third-order valence-corrected chi connectivity index (χ3v) is 8.29. The number of hydrogen-bond acceptors (Lipinski definition) is 4. The van der Waals surface area contributed by atoms with Gasteiger partial charge in [0.1, 0.15) is 11.2 Å². The van der Waals surface area contributed by atoms with E-state index in [9.17, 15) is 13.2 Å². The van der Waals surface area contributed by atoms with Crippen LogP contribution in [0.15, 0.2) is 71.1 Å². The number of anilines is 1. The average Bonchev–Trinajstić information content (AvgIpc) is 3.18. The Morgan fingerprint density at radius 2 is 1.67 bits per heavy atom. The van der Waals surface area contributed by atoms with E-state index in [1.165, 1.54) is 4.31 Å². The molecule has 1 saturated heterocycles. The number of benzene rings is 3. The lowest BCUT2D eigenvalue weighted by Crippen LogP contribution is -2.41. The van der Waals surface area contributed by atoms with Crippen molar-refractivity contribution in [1.29, 1.82) is 0 Å². The Bertz CT molecular complexity index is 1430. The van der Waals surface area contributed by atoms with Gasteiger partial charge in [-0.05, 0) is 49.1 Å². The summed E-state index contributed by atoms with van der Waals surface area (Å²) in [6.45, 7) is 2.63. The van der Waals surface area contributed by atoms with Crippen molar-refractivity contribution in [2.45, 2.75) is 25.5 Å². The molecule has 6 nitrogen and oxygen atoms in total. The van der Waals surface area contributed by atoms with Crippen LogP contribution in [0.3, 0.4) is 0 Å². The third-order valence-electron chi connectivity index (χ3n) is 6.46. The van der Waals surface area contributed by atoms with Crippen molar-refractivity contribution in [2.24, 2.45) is 5.92 Å². The van der Waals surface area contributed by atoms with Gasteiger partial charge in [-0.25, -0.2) is 12.7 Å². The van der Waals surface area contributed by atoms with Gasteiger partial charge in [-0.15, -0.1) is 0 Å². The van der Waals surface area contributed by atoms with Crippen LogP contribution >= 0.6 is 0 Å². The van der Waals surface area contributed by atoms with E-state index in [0.717, 1.165) is 33.1 Å². The Labute approximate surface area is 193 Å². The standard InChI is InChI=1S/C26H26N2O4S/c1-18-6-2-3-7-20(18)17-33(30,31)28-14-12-19(13-15-28)26(29)27-21-10-11-23-22-8-4-5-9-24(22)32-25(23)16-21/h2-11,16,19H,12-15,17H2,1H3,(H,27,29). The molecule has 0 bridgehead atoms. The molecule has 2 heterocycles. The molecule has 1 aliphatic heterocycles. The van der Waals surface area contributed by atoms with Crippen molar-refractivity contribution in [3.8, 4) is 0 Å². The summed E-state index contributed by atoms with van der Waals surface area (Å²) in [4.78, 5) is 12.9. The van der Waals surface area contributed by atoms with E-state index in [4.69, 9.17) is 4.42 Å². The number of nitrogens with one attached hydrogen (secondary N) is 1. The molecule has 0 spiro atoms. The minimum Gasteiger partial charge on any atom is -0.456 e. The number of fused-ring (bicyclic) bond motifs is 3. The van der Waals surface area contributed by atoms with Gasteiger partial charge in [0.15, 0.2) is 0 Å². The second kappa shape index (κ2) is 8.65. The molecule has 170 valence electrons.